The zero-order valence-corrected chi connectivity index (χ0v) is 13.0. The van der Waals surface area contributed by atoms with Crippen molar-refractivity contribution in [2.24, 2.45) is 0 Å². The van der Waals surface area contributed by atoms with Gasteiger partial charge in [0, 0.05) is 19.5 Å². The second kappa shape index (κ2) is 6.73. The predicted molar refractivity (Wildman–Crippen MR) is 78.0 cm³/mol. The molecule has 2 heterocycles. The summed E-state index contributed by atoms with van der Waals surface area (Å²) in [5.41, 5.74) is 0.624. The summed E-state index contributed by atoms with van der Waals surface area (Å²) in [5, 5.41) is 0. The van der Waals surface area contributed by atoms with Gasteiger partial charge in [0.2, 0.25) is 5.88 Å². The Balaban J connectivity index is 2.19. The molecule has 0 aliphatic rings. The van der Waals surface area contributed by atoms with Gasteiger partial charge in [0.15, 0.2) is 5.89 Å². The number of nitrogens with zero attached hydrogens (tertiary/aromatic N) is 3. The first-order valence-corrected chi connectivity index (χ1v) is 8.01. The van der Waals surface area contributed by atoms with Crippen LogP contribution >= 0.6 is 0 Å². The van der Waals surface area contributed by atoms with E-state index in [2.05, 4.69) is 9.97 Å². The molecule has 0 bridgehead atoms. The van der Waals surface area contributed by atoms with Crippen LogP contribution in [0.5, 0.6) is 5.88 Å². The van der Waals surface area contributed by atoms with Crippen LogP contribution in [-0.4, -0.2) is 37.8 Å². The molecule has 0 atom stereocenters. The maximum Gasteiger partial charge on any atom is 0.304 e. The van der Waals surface area contributed by atoms with Crippen molar-refractivity contribution in [3.63, 3.8) is 0 Å². The van der Waals surface area contributed by atoms with Crippen LogP contribution in [0.15, 0.2) is 28.9 Å². The number of halogens is 1. The SMILES string of the molecule is COc1ccc(N(CCS(=O)(=O)F)Cc2cnc(C)o2)cn1. The molecular formula is C13H16FN3O4S. The fraction of sp³-hybridized carbons (Fsp3) is 0.385. The highest BCUT2D eigenvalue weighted by atomic mass is 32.3. The summed E-state index contributed by atoms with van der Waals surface area (Å²) in [6.07, 6.45) is 3.07. The summed E-state index contributed by atoms with van der Waals surface area (Å²) in [6.45, 7) is 1.92. The molecule has 0 aliphatic heterocycles. The molecule has 2 aromatic rings. The molecule has 2 rings (SSSR count). The molecular weight excluding hydrogens is 313 g/mol. The molecule has 0 aliphatic carbocycles. The summed E-state index contributed by atoms with van der Waals surface area (Å²) in [5.74, 6) is 0.856. The van der Waals surface area contributed by atoms with Crippen molar-refractivity contribution >= 4 is 15.9 Å². The molecule has 0 saturated heterocycles. The van der Waals surface area contributed by atoms with Crippen molar-refractivity contribution in [3.05, 3.63) is 36.2 Å². The fourth-order valence-electron chi connectivity index (χ4n) is 1.87. The van der Waals surface area contributed by atoms with E-state index >= 15 is 0 Å². The van der Waals surface area contributed by atoms with E-state index < -0.39 is 16.0 Å². The summed E-state index contributed by atoms with van der Waals surface area (Å²) in [6, 6.07) is 3.35. The van der Waals surface area contributed by atoms with Gasteiger partial charge in [-0.05, 0) is 6.07 Å². The number of hydrogen-bond donors (Lipinski definition) is 0. The fourth-order valence-corrected chi connectivity index (χ4v) is 2.30. The lowest BCUT2D eigenvalue weighted by atomic mass is 10.3. The summed E-state index contributed by atoms with van der Waals surface area (Å²) in [4.78, 5) is 9.68. The first kappa shape index (κ1) is 16.2. The Morgan fingerprint density at radius 1 is 1.32 bits per heavy atom. The van der Waals surface area contributed by atoms with E-state index in [1.54, 1.807) is 30.2 Å². The minimum Gasteiger partial charge on any atom is -0.481 e. The van der Waals surface area contributed by atoms with Gasteiger partial charge in [-0.15, -0.1) is 3.89 Å². The van der Waals surface area contributed by atoms with Crippen LogP contribution in [0.2, 0.25) is 0 Å². The van der Waals surface area contributed by atoms with E-state index in [0.29, 0.717) is 23.2 Å². The highest BCUT2D eigenvalue weighted by Gasteiger charge is 2.15. The Morgan fingerprint density at radius 3 is 2.59 bits per heavy atom. The third-order valence-electron chi connectivity index (χ3n) is 2.92. The number of aryl methyl sites for hydroxylation is 1. The quantitative estimate of drug-likeness (QED) is 0.715. The lowest BCUT2D eigenvalue weighted by Gasteiger charge is -2.22. The maximum atomic E-state index is 12.8. The molecule has 0 fully saturated rings. The first-order chi connectivity index (χ1) is 10.4. The lowest BCUT2D eigenvalue weighted by Crippen LogP contribution is -2.28. The number of methoxy groups -OCH3 is 1. The van der Waals surface area contributed by atoms with Gasteiger partial charge >= 0.3 is 10.2 Å². The minimum atomic E-state index is -4.56. The zero-order chi connectivity index (χ0) is 16.2. The summed E-state index contributed by atoms with van der Waals surface area (Å²) < 4.78 is 44.7. The van der Waals surface area contributed by atoms with Crippen LogP contribution in [0.3, 0.4) is 0 Å². The number of ether oxygens (including phenoxy) is 1. The second-order valence-electron chi connectivity index (χ2n) is 4.57. The largest absolute Gasteiger partial charge is 0.481 e. The van der Waals surface area contributed by atoms with E-state index in [4.69, 9.17) is 9.15 Å². The van der Waals surface area contributed by atoms with E-state index in [-0.39, 0.29) is 13.1 Å². The smallest absolute Gasteiger partial charge is 0.304 e. The normalized spacial score (nSPS) is 11.4. The zero-order valence-electron chi connectivity index (χ0n) is 12.2. The maximum absolute atomic E-state index is 12.8. The van der Waals surface area contributed by atoms with Crippen molar-refractivity contribution in [3.8, 4) is 5.88 Å². The Kier molecular flexibility index (Phi) is 4.96. The van der Waals surface area contributed by atoms with Crippen molar-refractivity contribution in [2.75, 3.05) is 24.3 Å². The van der Waals surface area contributed by atoms with Crippen LogP contribution in [-0.2, 0) is 16.8 Å². The molecule has 0 N–H and O–H groups in total. The van der Waals surface area contributed by atoms with E-state index in [1.807, 2.05) is 0 Å². The van der Waals surface area contributed by atoms with Crippen molar-refractivity contribution in [1.82, 2.24) is 9.97 Å². The predicted octanol–water partition coefficient (Wildman–Crippen LogP) is 1.69. The van der Waals surface area contributed by atoms with E-state index in [0.717, 1.165) is 0 Å². The molecule has 0 unspecified atom stereocenters. The van der Waals surface area contributed by atoms with Crippen LogP contribution in [0.1, 0.15) is 11.7 Å². The van der Waals surface area contributed by atoms with Crippen LogP contribution < -0.4 is 9.64 Å². The van der Waals surface area contributed by atoms with Crippen LogP contribution in [0.4, 0.5) is 9.57 Å². The van der Waals surface area contributed by atoms with Gasteiger partial charge in [-0.3, -0.25) is 0 Å². The number of oxazole rings is 1. The average molecular weight is 329 g/mol. The monoisotopic (exact) mass is 329 g/mol. The van der Waals surface area contributed by atoms with Gasteiger partial charge in [0.1, 0.15) is 5.76 Å². The van der Waals surface area contributed by atoms with Gasteiger partial charge in [-0.2, -0.15) is 8.42 Å². The number of rotatable bonds is 7. The Morgan fingerprint density at radius 2 is 2.09 bits per heavy atom. The Bertz CT molecular complexity index is 715. The molecule has 120 valence electrons. The second-order valence-corrected chi connectivity index (χ2v) is 6.05. The number of anilines is 1. The molecule has 0 aromatic carbocycles. The number of pyridine rings is 1. The molecule has 7 nitrogen and oxygen atoms in total. The van der Waals surface area contributed by atoms with Gasteiger partial charge in [0.05, 0.1) is 37.5 Å². The summed E-state index contributed by atoms with van der Waals surface area (Å²) >= 11 is 0. The van der Waals surface area contributed by atoms with Crippen LogP contribution in [0, 0.1) is 6.92 Å². The molecule has 0 saturated carbocycles. The van der Waals surface area contributed by atoms with Crippen molar-refractivity contribution in [1.29, 1.82) is 0 Å². The molecule has 0 spiro atoms. The van der Waals surface area contributed by atoms with E-state index in [9.17, 15) is 12.3 Å². The minimum absolute atomic E-state index is 0.0351. The highest BCUT2D eigenvalue weighted by Crippen LogP contribution is 2.19. The highest BCUT2D eigenvalue weighted by molar-refractivity contribution is 7.86. The number of aromatic nitrogens is 2. The molecule has 9 heteroatoms. The van der Waals surface area contributed by atoms with Gasteiger partial charge < -0.3 is 14.1 Å². The Hall–Kier alpha value is -2.16. The van der Waals surface area contributed by atoms with E-state index in [1.165, 1.54) is 13.3 Å². The van der Waals surface area contributed by atoms with Gasteiger partial charge in [0.25, 0.3) is 0 Å². The third kappa shape index (κ3) is 4.69. The van der Waals surface area contributed by atoms with Crippen LogP contribution in [0.25, 0.3) is 0 Å². The van der Waals surface area contributed by atoms with Gasteiger partial charge in [-0.1, -0.05) is 0 Å². The lowest BCUT2D eigenvalue weighted by molar-refractivity contribution is 0.398. The molecule has 0 amide bonds. The molecule has 22 heavy (non-hydrogen) atoms. The molecule has 2 aromatic heterocycles. The molecule has 0 radical (unpaired) electrons. The van der Waals surface area contributed by atoms with Crippen molar-refractivity contribution < 1.29 is 21.5 Å². The standard InChI is InChI=1S/C13H16FN3O4S/c1-10-15-8-12(21-10)9-17(5-6-22(14,18)19)11-3-4-13(20-2)16-7-11/h3-4,7-8H,5-6,9H2,1-2H3. The average Bonchev–Trinajstić information content (AvgIpc) is 2.88. The summed E-state index contributed by atoms with van der Waals surface area (Å²) in [7, 11) is -3.07. The van der Waals surface area contributed by atoms with Crippen molar-refractivity contribution in [2.45, 2.75) is 13.5 Å². The Labute approximate surface area is 128 Å². The first-order valence-electron chi connectivity index (χ1n) is 6.46. The van der Waals surface area contributed by atoms with Gasteiger partial charge in [-0.25, -0.2) is 9.97 Å². The number of hydrogen-bond acceptors (Lipinski definition) is 7. The third-order valence-corrected chi connectivity index (χ3v) is 3.59. The topological polar surface area (TPSA) is 85.5 Å².